The van der Waals surface area contributed by atoms with E-state index in [1.165, 1.54) is 12.8 Å². The van der Waals surface area contributed by atoms with Gasteiger partial charge in [-0.1, -0.05) is 31.4 Å². The van der Waals surface area contributed by atoms with E-state index in [1.54, 1.807) is 12.1 Å². The van der Waals surface area contributed by atoms with E-state index in [1.807, 2.05) is 0 Å². The molecule has 0 aliphatic carbocycles. The predicted molar refractivity (Wildman–Crippen MR) is 68.6 cm³/mol. The Bertz CT molecular complexity index is 307. The lowest BCUT2D eigenvalue weighted by Crippen LogP contribution is -2.01. The minimum Gasteiger partial charge on any atom is -0.490 e. The number of rotatable bonds is 5. The highest BCUT2D eigenvalue weighted by Crippen LogP contribution is 2.34. The molecule has 2 nitrogen and oxygen atoms in total. The van der Waals surface area contributed by atoms with Crippen molar-refractivity contribution in [3.05, 3.63) is 21.6 Å². The minimum atomic E-state index is 0.575. The molecule has 0 fully saturated rings. The fourth-order valence-corrected chi connectivity index (χ4v) is 2.21. The highest BCUT2D eigenvalue weighted by molar-refractivity contribution is 9.10. The molecule has 0 bridgehead atoms. The normalized spacial score (nSPS) is 10.3. The maximum atomic E-state index is 5.84. The summed E-state index contributed by atoms with van der Waals surface area (Å²) in [6.45, 7) is 2.85. The molecular formula is C11H15BrClNO. The van der Waals surface area contributed by atoms with E-state index in [9.17, 15) is 0 Å². The Morgan fingerprint density at radius 1 is 1.40 bits per heavy atom. The number of hydrogen-bond donors (Lipinski definition) is 1. The Morgan fingerprint density at radius 2 is 2.13 bits per heavy atom. The first kappa shape index (κ1) is 12.7. The Balaban J connectivity index is 2.60. The molecule has 4 heteroatoms. The second-order valence-corrected chi connectivity index (χ2v) is 4.65. The minimum absolute atomic E-state index is 0.575. The van der Waals surface area contributed by atoms with E-state index in [-0.39, 0.29) is 0 Å². The Hall–Kier alpha value is -0.410. The van der Waals surface area contributed by atoms with Crippen LogP contribution in [0.4, 0.5) is 5.69 Å². The van der Waals surface area contributed by atoms with Crippen molar-refractivity contribution < 1.29 is 4.74 Å². The fourth-order valence-electron chi connectivity index (χ4n) is 1.26. The van der Waals surface area contributed by atoms with Crippen molar-refractivity contribution in [2.45, 2.75) is 26.2 Å². The molecule has 1 aromatic rings. The second-order valence-electron chi connectivity index (χ2n) is 3.36. The summed E-state index contributed by atoms with van der Waals surface area (Å²) in [7, 11) is 0. The van der Waals surface area contributed by atoms with Gasteiger partial charge in [0.05, 0.1) is 16.8 Å². The number of ether oxygens (including phenoxy) is 1. The Labute approximate surface area is 104 Å². The summed E-state index contributed by atoms with van der Waals surface area (Å²) >= 11 is 9.22. The van der Waals surface area contributed by atoms with Gasteiger partial charge in [-0.3, -0.25) is 0 Å². The number of anilines is 1. The largest absolute Gasteiger partial charge is 0.490 e. The zero-order valence-corrected chi connectivity index (χ0v) is 11.1. The molecule has 0 saturated carbocycles. The summed E-state index contributed by atoms with van der Waals surface area (Å²) in [6, 6.07) is 3.48. The highest BCUT2D eigenvalue weighted by Gasteiger charge is 2.07. The lowest BCUT2D eigenvalue weighted by Gasteiger charge is -2.10. The summed E-state index contributed by atoms with van der Waals surface area (Å²) < 4.78 is 6.40. The lowest BCUT2D eigenvalue weighted by atomic mass is 10.2. The smallest absolute Gasteiger partial charge is 0.156 e. The van der Waals surface area contributed by atoms with Gasteiger partial charge in [0.15, 0.2) is 5.75 Å². The molecular weight excluding hydrogens is 277 g/mol. The molecule has 0 aromatic heterocycles. The van der Waals surface area contributed by atoms with Crippen LogP contribution in [0.25, 0.3) is 0 Å². The number of halogens is 2. The van der Waals surface area contributed by atoms with E-state index in [4.69, 9.17) is 22.1 Å². The van der Waals surface area contributed by atoms with Crippen LogP contribution in [0.1, 0.15) is 26.2 Å². The molecule has 0 aliphatic rings. The van der Waals surface area contributed by atoms with Crippen molar-refractivity contribution in [3.63, 3.8) is 0 Å². The molecule has 2 N–H and O–H groups in total. The van der Waals surface area contributed by atoms with E-state index < -0.39 is 0 Å². The number of hydrogen-bond acceptors (Lipinski definition) is 2. The van der Waals surface area contributed by atoms with Crippen LogP contribution in [0, 0.1) is 0 Å². The van der Waals surface area contributed by atoms with Crippen molar-refractivity contribution in [3.8, 4) is 5.75 Å². The summed E-state index contributed by atoms with van der Waals surface area (Å²) in [6.07, 6.45) is 3.40. The second kappa shape index (κ2) is 6.23. The summed E-state index contributed by atoms with van der Waals surface area (Å²) in [4.78, 5) is 0. The van der Waals surface area contributed by atoms with E-state index in [0.29, 0.717) is 23.1 Å². The van der Waals surface area contributed by atoms with Gasteiger partial charge >= 0.3 is 0 Å². The summed E-state index contributed by atoms with van der Waals surface area (Å²) in [5.74, 6) is 0.690. The molecule has 0 atom stereocenters. The van der Waals surface area contributed by atoms with Gasteiger partial charge in [-0.2, -0.15) is 0 Å². The number of unbranched alkanes of at least 4 members (excludes halogenated alkanes) is 2. The number of nitrogen functional groups attached to an aromatic ring is 1. The fraction of sp³-hybridized carbons (Fsp3) is 0.455. The van der Waals surface area contributed by atoms with Gasteiger partial charge in [0.2, 0.25) is 0 Å². The third kappa shape index (κ3) is 3.92. The van der Waals surface area contributed by atoms with Gasteiger partial charge in [0.25, 0.3) is 0 Å². The summed E-state index contributed by atoms with van der Waals surface area (Å²) in [5, 5.41) is 0.611. The Morgan fingerprint density at radius 3 is 2.73 bits per heavy atom. The molecule has 1 aromatic carbocycles. The van der Waals surface area contributed by atoms with Crippen LogP contribution in [-0.4, -0.2) is 6.61 Å². The van der Waals surface area contributed by atoms with Crippen molar-refractivity contribution >= 4 is 33.2 Å². The van der Waals surface area contributed by atoms with Gasteiger partial charge < -0.3 is 10.5 Å². The molecule has 0 unspecified atom stereocenters. The average Bonchev–Trinajstić information content (AvgIpc) is 2.15. The molecule has 84 valence electrons. The van der Waals surface area contributed by atoms with Gasteiger partial charge in [0.1, 0.15) is 0 Å². The molecule has 15 heavy (non-hydrogen) atoms. The average molecular weight is 293 g/mol. The molecule has 0 amide bonds. The lowest BCUT2D eigenvalue weighted by molar-refractivity contribution is 0.306. The van der Waals surface area contributed by atoms with Gasteiger partial charge in [-0.15, -0.1) is 0 Å². The van der Waals surface area contributed by atoms with Gasteiger partial charge in [-0.25, -0.2) is 0 Å². The quantitative estimate of drug-likeness (QED) is 0.650. The van der Waals surface area contributed by atoms with Crippen LogP contribution in [0.2, 0.25) is 5.02 Å². The number of benzene rings is 1. The van der Waals surface area contributed by atoms with Crippen LogP contribution in [0.5, 0.6) is 5.75 Å². The van der Waals surface area contributed by atoms with E-state index >= 15 is 0 Å². The SMILES string of the molecule is CCCCCOc1c(N)cc(Cl)cc1Br. The van der Waals surface area contributed by atoms with Gasteiger partial charge in [0, 0.05) is 5.02 Å². The van der Waals surface area contributed by atoms with Crippen molar-refractivity contribution in [2.75, 3.05) is 12.3 Å². The van der Waals surface area contributed by atoms with E-state index in [0.717, 1.165) is 10.9 Å². The maximum absolute atomic E-state index is 5.84. The van der Waals surface area contributed by atoms with Crippen LogP contribution >= 0.6 is 27.5 Å². The van der Waals surface area contributed by atoms with Crippen LogP contribution in [-0.2, 0) is 0 Å². The molecule has 0 saturated heterocycles. The highest BCUT2D eigenvalue weighted by atomic mass is 79.9. The molecule has 0 aliphatic heterocycles. The third-order valence-electron chi connectivity index (χ3n) is 2.03. The van der Waals surface area contributed by atoms with E-state index in [2.05, 4.69) is 22.9 Å². The first-order valence-corrected chi connectivity index (χ1v) is 6.19. The standard InChI is InChI=1S/C11H15BrClNO/c1-2-3-4-5-15-11-9(12)6-8(13)7-10(11)14/h6-7H,2-5,14H2,1H3. The topological polar surface area (TPSA) is 35.2 Å². The van der Waals surface area contributed by atoms with Gasteiger partial charge in [-0.05, 0) is 34.5 Å². The van der Waals surface area contributed by atoms with Crippen molar-refractivity contribution in [2.24, 2.45) is 0 Å². The molecule has 1 rings (SSSR count). The predicted octanol–water partition coefficient (Wildman–Crippen LogP) is 4.25. The zero-order valence-electron chi connectivity index (χ0n) is 8.72. The summed E-state index contributed by atoms with van der Waals surface area (Å²) in [5.41, 5.74) is 6.37. The molecule has 0 spiro atoms. The first-order chi connectivity index (χ1) is 7.15. The van der Waals surface area contributed by atoms with Crippen LogP contribution in [0.3, 0.4) is 0 Å². The molecule has 0 heterocycles. The molecule has 0 radical (unpaired) electrons. The maximum Gasteiger partial charge on any atom is 0.156 e. The monoisotopic (exact) mass is 291 g/mol. The van der Waals surface area contributed by atoms with Crippen molar-refractivity contribution in [1.82, 2.24) is 0 Å². The van der Waals surface area contributed by atoms with Crippen LogP contribution in [0.15, 0.2) is 16.6 Å². The van der Waals surface area contributed by atoms with Crippen LogP contribution < -0.4 is 10.5 Å². The number of nitrogens with two attached hydrogens (primary N) is 1. The van der Waals surface area contributed by atoms with Crippen molar-refractivity contribution in [1.29, 1.82) is 0 Å². The Kier molecular flexibility index (Phi) is 5.26. The first-order valence-electron chi connectivity index (χ1n) is 5.02. The third-order valence-corrected chi connectivity index (χ3v) is 2.84. The zero-order chi connectivity index (χ0) is 11.3.